The second kappa shape index (κ2) is 9.72. The number of pyridine rings is 1. The number of carbonyl (C=O) groups excluding carboxylic acids is 2. The molecule has 8 nitrogen and oxygen atoms in total. The van der Waals surface area contributed by atoms with Crippen molar-refractivity contribution in [3.63, 3.8) is 0 Å². The molecule has 3 aromatic rings. The minimum Gasteiger partial charge on any atom is -0.443 e. The Hall–Kier alpha value is -3.23. The minimum absolute atomic E-state index is 0.133. The molecule has 2 heterocycles. The topological polar surface area (TPSA) is 94.8 Å². The first-order chi connectivity index (χ1) is 15.5. The molecule has 0 fully saturated rings. The highest BCUT2D eigenvalue weighted by atomic mass is 35.5. The fraction of sp³-hybridized carbons (Fsp3) is 0.333. The van der Waals surface area contributed by atoms with Crippen LogP contribution in [-0.4, -0.2) is 41.8 Å². The first kappa shape index (κ1) is 24.4. The monoisotopic (exact) mass is 471 g/mol. The van der Waals surface area contributed by atoms with Crippen LogP contribution in [0, 0.1) is 6.92 Å². The van der Waals surface area contributed by atoms with Crippen LogP contribution in [0.25, 0.3) is 11.1 Å². The Kier molecular flexibility index (Phi) is 7.19. The van der Waals surface area contributed by atoms with E-state index in [-0.39, 0.29) is 23.9 Å². The molecule has 0 saturated heterocycles. The zero-order valence-electron chi connectivity index (χ0n) is 19.4. The summed E-state index contributed by atoms with van der Waals surface area (Å²) in [5.41, 5.74) is 1.57. The van der Waals surface area contributed by atoms with Crippen LogP contribution in [0.4, 0.5) is 10.6 Å². The van der Waals surface area contributed by atoms with Gasteiger partial charge in [-0.15, -0.1) is 0 Å². The van der Waals surface area contributed by atoms with Gasteiger partial charge in [-0.2, -0.15) is 0 Å². The number of aryl methyl sites for hydroxylation is 1. The van der Waals surface area contributed by atoms with Crippen LogP contribution in [-0.2, 0) is 16.1 Å². The summed E-state index contributed by atoms with van der Waals surface area (Å²) in [5, 5.41) is 4.54. The Bertz CT molecular complexity index is 1170. The molecule has 2 aromatic heterocycles. The molecule has 0 aliphatic heterocycles. The molecule has 0 N–H and O–H groups in total. The van der Waals surface area contributed by atoms with Crippen molar-refractivity contribution in [2.24, 2.45) is 0 Å². The Morgan fingerprint density at radius 3 is 2.39 bits per heavy atom. The van der Waals surface area contributed by atoms with Crippen LogP contribution in [0.15, 0.2) is 40.9 Å². The van der Waals surface area contributed by atoms with Crippen molar-refractivity contribution in [3.05, 3.63) is 64.1 Å². The molecular weight excluding hydrogens is 446 g/mol. The van der Waals surface area contributed by atoms with Crippen LogP contribution in [0.2, 0.25) is 5.02 Å². The molecule has 0 radical (unpaired) electrons. The number of rotatable bonds is 6. The average molecular weight is 472 g/mol. The Morgan fingerprint density at radius 2 is 1.79 bits per heavy atom. The van der Waals surface area contributed by atoms with E-state index in [0.29, 0.717) is 33.2 Å². The summed E-state index contributed by atoms with van der Waals surface area (Å²) in [6, 6.07) is 9.86. The predicted molar refractivity (Wildman–Crippen MR) is 125 cm³/mol. The van der Waals surface area contributed by atoms with Crippen molar-refractivity contribution in [1.82, 2.24) is 10.1 Å². The second-order valence-corrected chi connectivity index (χ2v) is 8.88. The quantitative estimate of drug-likeness (QED) is 0.441. The van der Waals surface area contributed by atoms with E-state index in [1.54, 1.807) is 71.2 Å². The lowest BCUT2D eigenvalue weighted by Crippen LogP contribution is -2.34. The summed E-state index contributed by atoms with van der Waals surface area (Å²) < 4.78 is 16.0. The molecule has 0 aliphatic rings. The number of nitrogens with zero attached hydrogens (tertiary/aromatic N) is 3. The number of carbonyl (C=O) groups is 2. The number of halogens is 1. The fourth-order valence-corrected chi connectivity index (χ4v) is 3.29. The van der Waals surface area contributed by atoms with Crippen molar-refractivity contribution in [2.45, 2.75) is 39.9 Å². The molecule has 0 bridgehead atoms. The maximum Gasteiger partial charge on any atom is 0.415 e. The zero-order valence-corrected chi connectivity index (χ0v) is 20.2. The first-order valence-corrected chi connectivity index (χ1v) is 10.6. The lowest BCUT2D eigenvalue weighted by Gasteiger charge is -2.24. The maximum absolute atomic E-state index is 13.5. The highest BCUT2D eigenvalue weighted by Crippen LogP contribution is 2.33. The van der Waals surface area contributed by atoms with Crippen LogP contribution in [0.5, 0.6) is 0 Å². The number of hydrogen-bond donors (Lipinski definition) is 0. The van der Waals surface area contributed by atoms with Crippen LogP contribution in [0.3, 0.4) is 0 Å². The SMILES string of the molecule is COCc1onc(C)c1-c1ccc(N(C)C(=O)OC(C)(C)C)nc1C(=O)c1ccc(Cl)cc1. The number of anilines is 1. The highest BCUT2D eigenvalue weighted by Gasteiger charge is 2.26. The Labute approximate surface area is 197 Å². The summed E-state index contributed by atoms with van der Waals surface area (Å²) in [6.45, 7) is 7.27. The highest BCUT2D eigenvalue weighted by molar-refractivity contribution is 6.30. The van der Waals surface area contributed by atoms with Gasteiger partial charge in [-0.1, -0.05) is 16.8 Å². The summed E-state index contributed by atoms with van der Waals surface area (Å²) >= 11 is 5.99. The van der Waals surface area contributed by atoms with Crippen LogP contribution >= 0.6 is 11.6 Å². The lowest BCUT2D eigenvalue weighted by atomic mass is 9.97. The summed E-state index contributed by atoms with van der Waals surface area (Å²) in [6.07, 6.45) is -0.589. The maximum atomic E-state index is 13.5. The predicted octanol–water partition coefficient (Wildman–Crippen LogP) is 5.45. The van der Waals surface area contributed by atoms with Gasteiger partial charge in [-0.3, -0.25) is 9.69 Å². The third-order valence-corrected chi connectivity index (χ3v) is 4.94. The van der Waals surface area contributed by atoms with E-state index in [9.17, 15) is 9.59 Å². The fourth-order valence-electron chi connectivity index (χ4n) is 3.16. The Morgan fingerprint density at radius 1 is 1.12 bits per heavy atom. The van der Waals surface area contributed by atoms with Crippen molar-refractivity contribution < 1.29 is 23.6 Å². The van der Waals surface area contributed by atoms with E-state index in [1.165, 1.54) is 11.9 Å². The van der Waals surface area contributed by atoms with Crippen LogP contribution < -0.4 is 4.90 Å². The number of aromatic nitrogens is 2. The average Bonchev–Trinajstić information content (AvgIpc) is 3.11. The van der Waals surface area contributed by atoms with Crippen LogP contribution in [0.1, 0.15) is 48.3 Å². The van der Waals surface area contributed by atoms with Crippen molar-refractivity contribution in [3.8, 4) is 11.1 Å². The summed E-state index contributed by atoms with van der Waals surface area (Å²) in [4.78, 5) is 31.9. The molecule has 0 saturated carbocycles. The Balaban J connectivity index is 2.14. The third kappa shape index (κ3) is 5.58. The number of ketones is 1. The number of amides is 1. The van der Waals surface area contributed by atoms with E-state index < -0.39 is 11.7 Å². The number of hydrogen-bond acceptors (Lipinski definition) is 7. The smallest absolute Gasteiger partial charge is 0.415 e. The van der Waals surface area contributed by atoms with Gasteiger partial charge in [0, 0.05) is 30.3 Å². The van der Waals surface area contributed by atoms with E-state index >= 15 is 0 Å². The van der Waals surface area contributed by atoms with E-state index in [2.05, 4.69) is 10.1 Å². The standard InChI is InChI=1S/C24H26ClN3O5/c1-14-20(18(13-31-6)33-27-14)17-11-12-19(28(5)23(30)32-24(2,3)4)26-21(17)22(29)15-7-9-16(25)10-8-15/h7-12H,13H2,1-6H3. The van der Waals surface area contributed by atoms with Crippen molar-refractivity contribution >= 4 is 29.3 Å². The van der Waals surface area contributed by atoms with Gasteiger partial charge < -0.3 is 14.0 Å². The molecule has 3 rings (SSSR count). The largest absolute Gasteiger partial charge is 0.443 e. The van der Waals surface area contributed by atoms with Gasteiger partial charge in [0.2, 0.25) is 5.78 Å². The molecular formula is C24H26ClN3O5. The van der Waals surface area contributed by atoms with Gasteiger partial charge in [0.15, 0.2) is 5.76 Å². The van der Waals surface area contributed by atoms with Gasteiger partial charge in [-0.05, 0) is 64.1 Å². The molecule has 0 aliphatic carbocycles. The summed E-state index contributed by atoms with van der Waals surface area (Å²) in [7, 11) is 3.08. The van der Waals surface area contributed by atoms with Gasteiger partial charge in [0.25, 0.3) is 0 Å². The molecule has 0 spiro atoms. The van der Waals surface area contributed by atoms with Crippen molar-refractivity contribution in [2.75, 3.05) is 19.1 Å². The number of ether oxygens (including phenoxy) is 2. The second-order valence-electron chi connectivity index (χ2n) is 8.44. The number of methoxy groups -OCH3 is 1. The molecule has 33 heavy (non-hydrogen) atoms. The number of benzene rings is 1. The van der Waals surface area contributed by atoms with E-state index in [0.717, 1.165) is 0 Å². The molecule has 9 heteroatoms. The zero-order chi connectivity index (χ0) is 24.3. The molecule has 1 aromatic carbocycles. The normalized spacial score (nSPS) is 11.4. The third-order valence-electron chi connectivity index (χ3n) is 4.69. The lowest BCUT2D eigenvalue weighted by molar-refractivity contribution is 0.0588. The summed E-state index contributed by atoms with van der Waals surface area (Å²) in [5.74, 6) is 0.382. The molecule has 0 atom stereocenters. The van der Waals surface area contributed by atoms with Crippen molar-refractivity contribution in [1.29, 1.82) is 0 Å². The minimum atomic E-state index is -0.679. The molecule has 0 unspecified atom stereocenters. The van der Waals surface area contributed by atoms with Gasteiger partial charge in [0.1, 0.15) is 23.7 Å². The molecule has 1 amide bonds. The van der Waals surface area contributed by atoms with Gasteiger partial charge >= 0.3 is 6.09 Å². The van der Waals surface area contributed by atoms with E-state index in [4.69, 9.17) is 25.6 Å². The van der Waals surface area contributed by atoms with E-state index in [1.807, 2.05) is 0 Å². The molecule has 174 valence electrons. The van der Waals surface area contributed by atoms with Gasteiger partial charge in [-0.25, -0.2) is 9.78 Å². The first-order valence-electron chi connectivity index (χ1n) is 10.2. The van der Waals surface area contributed by atoms with Gasteiger partial charge in [0.05, 0.1) is 11.3 Å².